The molecular weight excluding hydrogens is 404 g/mol. The average molecular weight is 430 g/mol. The molecule has 0 N–H and O–H groups in total. The van der Waals surface area contributed by atoms with Crippen LogP contribution in [0.4, 0.5) is 0 Å². The van der Waals surface area contributed by atoms with Crippen molar-refractivity contribution in [3.8, 4) is 0 Å². The summed E-state index contributed by atoms with van der Waals surface area (Å²) in [7, 11) is 2.62. The molecule has 0 saturated heterocycles. The van der Waals surface area contributed by atoms with Crippen molar-refractivity contribution in [2.75, 3.05) is 27.4 Å². The highest BCUT2D eigenvalue weighted by molar-refractivity contribution is 5.94. The van der Waals surface area contributed by atoms with E-state index < -0.39 is 17.9 Å². The Morgan fingerprint density at radius 2 is 0.903 bits per heavy atom. The first kappa shape index (κ1) is 25.4. The summed E-state index contributed by atoms with van der Waals surface area (Å²) in [5, 5.41) is 0. The number of carbonyl (C=O) groups excluding carboxylic acids is 4. The van der Waals surface area contributed by atoms with Crippen molar-refractivity contribution in [3.63, 3.8) is 0 Å². The lowest BCUT2D eigenvalue weighted by Gasteiger charge is -2.03. The molecule has 0 saturated carbocycles. The standard InChI is InChI=1S/C12H14O4.C11H12O4/c1-3-8-16-12(14)10-6-4-9(5-7-10)11(13)15-2;1-3-15-11(13)9-6-4-8(5-7-9)10(12)14-2/h4-7H,3,8H2,1-2H3;4-7H,3H2,1-2H3. The summed E-state index contributed by atoms with van der Waals surface area (Å²) in [6.07, 6.45) is 0.784. The van der Waals surface area contributed by atoms with E-state index >= 15 is 0 Å². The lowest BCUT2D eigenvalue weighted by molar-refractivity contribution is 0.0500. The van der Waals surface area contributed by atoms with Gasteiger partial charge in [-0.25, -0.2) is 19.2 Å². The molecule has 0 spiro atoms. The zero-order chi connectivity index (χ0) is 23.2. The summed E-state index contributed by atoms with van der Waals surface area (Å²) in [6.45, 7) is 4.39. The van der Waals surface area contributed by atoms with E-state index in [2.05, 4.69) is 9.47 Å². The zero-order valence-corrected chi connectivity index (χ0v) is 18.0. The second-order valence-corrected chi connectivity index (χ2v) is 5.99. The minimum absolute atomic E-state index is 0.331. The van der Waals surface area contributed by atoms with Crippen molar-refractivity contribution < 1.29 is 38.1 Å². The van der Waals surface area contributed by atoms with Gasteiger partial charge in [-0.2, -0.15) is 0 Å². The van der Waals surface area contributed by atoms with Crippen molar-refractivity contribution >= 4 is 23.9 Å². The van der Waals surface area contributed by atoms with E-state index in [1.54, 1.807) is 19.1 Å². The second kappa shape index (κ2) is 13.5. The van der Waals surface area contributed by atoms with Gasteiger partial charge in [0.25, 0.3) is 0 Å². The summed E-state index contributed by atoms with van der Waals surface area (Å²) in [5.41, 5.74) is 1.67. The van der Waals surface area contributed by atoms with Crippen LogP contribution in [-0.2, 0) is 18.9 Å². The molecule has 2 aromatic rings. The number of methoxy groups -OCH3 is 2. The maximum absolute atomic E-state index is 11.4. The molecule has 0 aliphatic heterocycles. The number of hydrogen-bond donors (Lipinski definition) is 0. The van der Waals surface area contributed by atoms with E-state index in [0.717, 1.165) is 6.42 Å². The largest absolute Gasteiger partial charge is 0.465 e. The Balaban J connectivity index is 0.000000311. The van der Waals surface area contributed by atoms with Crippen molar-refractivity contribution in [1.82, 2.24) is 0 Å². The lowest BCUT2D eigenvalue weighted by Crippen LogP contribution is -2.07. The van der Waals surface area contributed by atoms with Gasteiger partial charge >= 0.3 is 23.9 Å². The minimum atomic E-state index is -0.426. The molecule has 166 valence electrons. The van der Waals surface area contributed by atoms with Gasteiger partial charge in [0.2, 0.25) is 0 Å². The van der Waals surface area contributed by atoms with E-state index in [4.69, 9.17) is 9.47 Å². The molecule has 8 nitrogen and oxygen atoms in total. The quantitative estimate of drug-likeness (QED) is 0.484. The number of benzene rings is 2. The average Bonchev–Trinajstić information content (AvgIpc) is 2.82. The Morgan fingerprint density at radius 3 is 1.19 bits per heavy atom. The van der Waals surface area contributed by atoms with Gasteiger partial charge in [-0.05, 0) is 61.9 Å². The van der Waals surface area contributed by atoms with Gasteiger partial charge in [-0.1, -0.05) is 6.92 Å². The summed E-state index contributed by atoms with van der Waals surface area (Å²) >= 11 is 0. The Hall–Kier alpha value is -3.68. The van der Waals surface area contributed by atoms with Crippen LogP contribution in [0.15, 0.2) is 48.5 Å². The van der Waals surface area contributed by atoms with E-state index in [9.17, 15) is 19.2 Å². The van der Waals surface area contributed by atoms with Crippen molar-refractivity contribution in [2.24, 2.45) is 0 Å². The highest BCUT2D eigenvalue weighted by Gasteiger charge is 2.10. The normalized spacial score (nSPS) is 9.55. The predicted molar refractivity (Wildman–Crippen MR) is 112 cm³/mol. The first-order valence-electron chi connectivity index (χ1n) is 9.58. The number of carbonyl (C=O) groups is 4. The van der Waals surface area contributed by atoms with Crippen LogP contribution in [0.3, 0.4) is 0 Å². The van der Waals surface area contributed by atoms with Crippen LogP contribution in [0, 0.1) is 0 Å². The molecule has 8 heteroatoms. The summed E-state index contributed by atoms with van der Waals surface area (Å²) in [6, 6.07) is 12.3. The first-order chi connectivity index (χ1) is 14.9. The van der Waals surface area contributed by atoms with Gasteiger partial charge in [-0.15, -0.1) is 0 Å². The molecule has 0 aliphatic rings. The molecule has 0 aliphatic carbocycles. The maximum atomic E-state index is 11.4. The van der Waals surface area contributed by atoms with E-state index in [-0.39, 0.29) is 5.97 Å². The van der Waals surface area contributed by atoms with E-state index in [0.29, 0.717) is 35.5 Å². The summed E-state index contributed by atoms with van der Waals surface area (Å²) < 4.78 is 18.8. The van der Waals surface area contributed by atoms with Gasteiger partial charge in [-0.3, -0.25) is 0 Å². The third-order valence-corrected chi connectivity index (χ3v) is 3.80. The van der Waals surface area contributed by atoms with Crippen molar-refractivity contribution in [3.05, 3.63) is 70.8 Å². The molecule has 0 heterocycles. The van der Waals surface area contributed by atoms with Crippen LogP contribution in [0.25, 0.3) is 0 Å². The van der Waals surface area contributed by atoms with Gasteiger partial charge in [0.05, 0.1) is 49.7 Å². The van der Waals surface area contributed by atoms with Gasteiger partial charge in [0.15, 0.2) is 0 Å². The van der Waals surface area contributed by atoms with E-state index in [1.807, 2.05) is 6.92 Å². The van der Waals surface area contributed by atoms with Gasteiger partial charge in [0.1, 0.15) is 0 Å². The van der Waals surface area contributed by atoms with Crippen LogP contribution < -0.4 is 0 Å². The fraction of sp³-hybridized carbons (Fsp3) is 0.304. The molecule has 0 bridgehead atoms. The molecule has 0 fully saturated rings. The van der Waals surface area contributed by atoms with Crippen LogP contribution in [0.2, 0.25) is 0 Å². The van der Waals surface area contributed by atoms with Gasteiger partial charge < -0.3 is 18.9 Å². The zero-order valence-electron chi connectivity index (χ0n) is 18.0. The summed E-state index contributed by atoms with van der Waals surface area (Å²) in [5.74, 6) is -1.62. The Morgan fingerprint density at radius 1 is 0.581 bits per heavy atom. The highest BCUT2D eigenvalue weighted by Crippen LogP contribution is 2.08. The lowest BCUT2D eigenvalue weighted by atomic mass is 10.1. The van der Waals surface area contributed by atoms with Crippen LogP contribution in [-0.4, -0.2) is 51.3 Å². The van der Waals surface area contributed by atoms with Crippen molar-refractivity contribution in [2.45, 2.75) is 20.3 Å². The van der Waals surface area contributed by atoms with E-state index in [1.165, 1.54) is 50.6 Å². The second-order valence-electron chi connectivity index (χ2n) is 5.99. The molecule has 0 aromatic heterocycles. The first-order valence-corrected chi connectivity index (χ1v) is 9.58. The maximum Gasteiger partial charge on any atom is 0.338 e. The fourth-order valence-electron chi connectivity index (χ4n) is 2.21. The fourth-order valence-corrected chi connectivity index (χ4v) is 2.21. The van der Waals surface area contributed by atoms with Crippen molar-refractivity contribution in [1.29, 1.82) is 0 Å². The summed E-state index contributed by atoms with van der Waals surface area (Å²) in [4.78, 5) is 44.9. The predicted octanol–water partition coefficient (Wildman–Crippen LogP) is 3.69. The number of hydrogen-bond acceptors (Lipinski definition) is 8. The molecule has 31 heavy (non-hydrogen) atoms. The molecular formula is C23H26O8. The number of ether oxygens (including phenoxy) is 4. The van der Waals surface area contributed by atoms with Crippen LogP contribution >= 0.6 is 0 Å². The van der Waals surface area contributed by atoms with Gasteiger partial charge in [0, 0.05) is 0 Å². The number of esters is 4. The third kappa shape index (κ3) is 8.30. The SMILES string of the molecule is CCCOC(=O)c1ccc(C(=O)OC)cc1.CCOC(=O)c1ccc(C(=O)OC)cc1. The Kier molecular flexibility index (Phi) is 11.1. The van der Waals surface area contributed by atoms with Crippen LogP contribution in [0.5, 0.6) is 0 Å². The van der Waals surface area contributed by atoms with Crippen LogP contribution in [0.1, 0.15) is 61.7 Å². The Labute approximate surface area is 181 Å². The molecule has 0 atom stereocenters. The molecule has 0 amide bonds. The Bertz CT molecular complexity index is 869. The topological polar surface area (TPSA) is 105 Å². The molecule has 0 unspecified atom stereocenters. The third-order valence-electron chi connectivity index (χ3n) is 3.80. The smallest absolute Gasteiger partial charge is 0.338 e. The minimum Gasteiger partial charge on any atom is -0.465 e. The molecule has 2 aromatic carbocycles. The highest BCUT2D eigenvalue weighted by atomic mass is 16.5. The molecule has 0 radical (unpaired) electrons. The number of rotatable bonds is 7. The monoisotopic (exact) mass is 430 g/mol. The molecule has 2 rings (SSSR count).